The van der Waals surface area contributed by atoms with Crippen molar-refractivity contribution in [2.45, 2.75) is 50.8 Å². The average molecular weight is 405 g/mol. The molecule has 2 heterocycles. The maximum absolute atomic E-state index is 13.0. The quantitative estimate of drug-likeness (QED) is 0.781. The third kappa shape index (κ3) is 3.37. The number of thiophene rings is 1. The Morgan fingerprint density at radius 2 is 1.93 bits per heavy atom. The van der Waals surface area contributed by atoms with Crippen LogP contribution in [0.15, 0.2) is 30.3 Å². The topological polar surface area (TPSA) is 64.3 Å². The van der Waals surface area contributed by atoms with E-state index in [4.69, 9.17) is 10.5 Å². The van der Waals surface area contributed by atoms with Crippen LogP contribution in [0.3, 0.4) is 0 Å². The van der Waals surface area contributed by atoms with Crippen molar-refractivity contribution in [3.63, 3.8) is 0 Å². The number of amides is 1. The molecule has 1 aliphatic heterocycles. The van der Waals surface area contributed by atoms with E-state index in [1.54, 1.807) is 11.3 Å². The highest BCUT2D eigenvalue weighted by Gasteiger charge is 2.40. The number of nitrogens with one attached hydrogen (secondary N) is 1. The lowest BCUT2D eigenvalue weighted by molar-refractivity contribution is 0.0759. The molecule has 6 heteroatoms. The SMILES string of the molecule is Cl.NC1CC2CCCC(C1)C2NC(=O)c1cc2c(s1)-c1ccccc1OC2. The van der Waals surface area contributed by atoms with E-state index < -0.39 is 0 Å². The van der Waals surface area contributed by atoms with Gasteiger partial charge in [-0.05, 0) is 55.7 Å². The summed E-state index contributed by atoms with van der Waals surface area (Å²) < 4.78 is 5.83. The van der Waals surface area contributed by atoms with Gasteiger partial charge in [0.15, 0.2) is 0 Å². The molecule has 144 valence electrons. The summed E-state index contributed by atoms with van der Waals surface area (Å²) in [5.41, 5.74) is 8.43. The van der Waals surface area contributed by atoms with Gasteiger partial charge >= 0.3 is 0 Å². The van der Waals surface area contributed by atoms with Gasteiger partial charge in [0.2, 0.25) is 0 Å². The Balaban J connectivity index is 0.00000180. The lowest BCUT2D eigenvalue weighted by Gasteiger charge is -2.45. The molecule has 2 bridgehead atoms. The summed E-state index contributed by atoms with van der Waals surface area (Å²) in [5, 5.41) is 3.37. The Morgan fingerprint density at radius 1 is 1.19 bits per heavy atom. The smallest absolute Gasteiger partial charge is 0.261 e. The number of para-hydroxylation sites is 1. The van der Waals surface area contributed by atoms with Crippen molar-refractivity contribution < 1.29 is 9.53 Å². The number of carbonyl (C=O) groups is 1. The molecule has 2 saturated carbocycles. The fourth-order valence-electron chi connectivity index (χ4n) is 5.06. The highest BCUT2D eigenvalue weighted by Crippen LogP contribution is 2.43. The second-order valence-electron chi connectivity index (χ2n) is 7.93. The fraction of sp³-hybridized carbons (Fsp3) is 0.476. The molecule has 27 heavy (non-hydrogen) atoms. The van der Waals surface area contributed by atoms with Gasteiger partial charge in [0, 0.05) is 28.1 Å². The van der Waals surface area contributed by atoms with Crippen molar-refractivity contribution >= 4 is 29.7 Å². The van der Waals surface area contributed by atoms with Crippen LogP contribution in [0.2, 0.25) is 0 Å². The first kappa shape index (κ1) is 18.8. The van der Waals surface area contributed by atoms with E-state index >= 15 is 0 Å². The Morgan fingerprint density at radius 3 is 2.70 bits per heavy atom. The van der Waals surface area contributed by atoms with Crippen molar-refractivity contribution in [2.24, 2.45) is 17.6 Å². The van der Waals surface area contributed by atoms with E-state index in [0.717, 1.165) is 34.6 Å². The summed E-state index contributed by atoms with van der Waals surface area (Å²) >= 11 is 1.59. The molecule has 5 rings (SSSR count). The summed E-state index contributed by atoms with van der Waals surface area (Å²) in [6, 6.07) is 10.7. The molecular weight excluding hydrogens is 380 g/mol. The van der Waals surface area contributed by atoms with Crippen LogP contribution in [0.5, 0.6) is 5.75 Å². The molecule has 0 radical (unpaired) electrons. The maximum Gasteiger partial charge on any atom is 0.261 e. The minimum absolute atomic E-state index is 0. The van der Waals surface area contributed by atoms with Crippen LogP contribution < -0.4 is 15.8 Å². The first-order valence-electron chi connectivity index (χ1n) is 9.60. The standard InChI is InChI=1S/C21H24N2O2S.ClH/c22-15-8-12-4-3-5-13(9-15)19(12)23-21(24)18-10-14-11-25-17-7-2-1-6-16(17)20(14)26-18;/h1-2,6-7,10,12-13,15,19H,3-5,8-9,11,22H2,(H,23,24);1H. The van der Waals surface area contributed by atoms with E-state index in [9.17, 15) is 4.79 Å². The lowest BCUT2D eigenvalue weighted by Crippen LogP contribution is -2.53. The third-order valence-corrected chi connectivity index (χ3v) is 7.43. The molecule has 1 aromatic heterocycles. The van der Waals surface area contributed by atoms with Gasteiger partial charge in [-0.2, -0.15) is 0 Å². The fourth-order valence-corrected chi connectivity index (χ4v) is 6.16. The van der Waals surface area contributed by atoms with E-state index in [1.165, 1.54) is 24.1 Å². The zero-order valence-electron chi connectivity index (χ0n) is 15.1. The first-order valence-corrected chi connectivity index (χ1v) is 10.4. The molecular formula is C21H25ClN2O2S. The van der Waals surface area contributed by atoms with Crippen molar-refractivity contribution in [3.05, 3.63) is 40.8 Å². The van der Waals surface area contributed by atoms with Crippen LogP contribution in [-0.2, 0) is 6.61 Å². The van der Waals surface area contributed by atoms with Crippen molar-refractivity contribution in [1.29, 1.82) is 0 Å². The molecule has 2 atom stereocenters. The van der Waals surface area contributed by atoms with E-state index in [0.29, 0.717) is 30.5 Å². The van der Waals surface area contributed by atoms with Gasteiger partial charge in [-0.3, -0.25) is 4.79 Å². The Hall–Kier alpha value is -1.56. The second kappa shape index (κ2) is 7.46. The summed E-state index contributed by atoms with van der Waals surface area (Å²) in [6.45, 7) is 0.541. The number of carbonyl (C=O) groups excluding carboxylic acids is 1. The predicted molar refractivity (Wildman–Crippen MR) is 111 cm³/mol. The monoisotopic (exact) mass is 404 g/mol. The van der Waals surface area contributed by atoms with Crippen LogP contribution in [0.1, 0.15) is 47.3 Å². The van der Waals surface area contributed by atoms with Crippen LogP contribution >= 0.6 is 23.7 Å². The van der Waals surface area contributed by atoms with Crippen molar-refractivity contribution in [2.75, 3.05) is 0 Å². The minimum Gasteiger partial charge on any atom is -0.488 e. The summed E-state index contributed by atoms with van der Waals surface area (Å²) in [5.74, 6) is 2.06. The summed E-state index contributed by atoms with van der Waals surface area (Å²) in [7, 11) is 0. The van der Waals surface area contributed by atoms with Gasteiger partial charge in [-0.1, -0.05) is 18.6 Å². The molecule has 1 amide bonds. The van der Waals surface area contributed by atoms with Crippen LogP contribution in [0.25, 0.3) is 10.4 Å². The van der Waals surface area contributed by atoms with Gasteiger partial charge in [-0.25, -0.2) is 0 Å². The lowest BCUT2D eigenvalue weighted by atomic mass is 9.67. The predicted octanol–water partition coefficient (Wildman–Crippen LogP) is 4.37. The van der Waals surface area contributed by atoms with E-state index in [-0.39, 0.29) is 18.3 Å². The molecule has 3 N–H and O–H groups in total. The van der Waals surface area contributed by atoms with Gasteiger partial charge in [0.1, 0.15) is 12.4 Å². The normalized spacial score (nSPS) is 28.2. The van der Waals surface area contributed by atoms with Gasteiger partial charge < -0.3 is 15.8 Å². The molecule has 0 spiro atoms. The molecule has 3 aliphatic rings. The molecule has 2 aliphatic carbocycles. The zero-order chi connectivity index (χ0) is 17.7. The van der Waals surface area contributed by atoms with Crippen LogP contribution in [0, 0.1) is 11.8 Å². The number of ether oxygens (including phenoxy) is 1. The number of fused-ring (bicyclic) bond motifs is 5. The van der Waals surface area contributed by atoms with Crippen molar-refractivity contribution in [1.82, 2.24) is 5.32 Å². The second-order valence-corrected chi connectivity index (χ2v) is 8.98. The van der Waals surface area contributed by atoms with Crippen LogP contribution in [-0.4, -0.2) is 18.0 Å². The van der Waals surface area contributed by atoms with Gasteiger partial charge in [-0.15, -0.1) is 23.7 Å². The number of rotatable bonds is 2. The number of hydrogen-bond acceptors (Lipinski definition) is 4. The molecule has 0 saturated heterocycles. The molecule has 2 aromatic rings. The van der Waals surface area contributed by atoms with Crippen molar-refractivity contribution in [3.8, 4) is 16.2 Å². The molecule has 1 aromatic carbocycles. The minimum atomic E-state index is 0. The highest BCUT2D eigenvalue weighted by molar-refractivity contribution is 7.17. The van der Waals surface area contributed by atoms with Crippen LogP contribution in [0.4, 0.5) is 0 Å². The molecule has 2 unspecified atom stereocenters. The number of benzene rings is 1. The third-order valence-electron chi connectivity index (χ3n) is 6.22. The Labute approximate surface area is 169 Å². The maximum atomic E-state index is 13.0. The van der Waals surface area contributed by atoms with Gasteiger partial charge in [0.25, 0.3) is 5.91 Å². The molecule has 4 nitrogen and oxygen atoms in total. The first-order chi connectivity index (χ1) is 12.7. The average Bonchev–Trinajstić information content (AvgIpc) is 3.07. The summed E-state index contributed by atoms with van der Waals surface area (Å²) in [4.78, 5) is 14.9. The van der Waals surface area contributed by atoms with E-state index in [1.807, 2.05) is 24.3 Å². The summed E-state index contributed by atoms with van der Waals surface area (Å²) in [6.07, 6.45) is 5.75. The number of nitrogens with two attached hydrogens (primary N) is 1. The Kier molecular flexibility index (Phi) is 5.19. The van der Waals surface area contributed by atoms with E-state index in [2.05, 4.69) is 11.4 Å². The number of hydrogen-bond donors (Lipinski definition) is 2. The number of halogens is 1. The van der Waals surface area contributed by atoms with Gasteiger partial charge in [0.05, 0.1) is 4.88 Å². The highest BCUT2D eigenvalue weighted by atomic mass is 35.5. The zero-order valence-corrected chi connectivity index (χ0v) is 16.8. The largest absolute Gasteiger partial charge is 0.488 e. The Bertz CT molecular complexity index is 838. The molecule has 2 fully saturated rings.